The highest BCUT2D eigenvalue weighted by Gasteiger charge is 1.93. The van der Waals surface area contributed by atoms with Crippen LogP contribution in [0.4, 0.5) is 0 Å². The van der Waals surface area contributed by atoms with Gasteiger partial charge >= 0.3 is 0 Å². The van der Waals surface area contributed by atoms with Gasteiger partial charge in [0, 0.05) is 0 Å². The summed E-state index contributed by atoms with van der Waals surface area (Å²) in [6, 6.07) is 7.68. The summed E-state index contributed by atoms with van der Waals surface area (Å²) in [5.74, 6) is 0. The molecule has 64 valence electrons. The first-order chi connectivity index (χ1) is 5.86. The van der Waals surface area contributed by atoms with E-state index in [0.29, 0.717) is 12.8 Å². The minimum Gasteiger partial charge on any atom is -0.236 e. The zero-order valence-corrected chi connectivity index (χ0v) is 6.95. The van der Waals surface area contributed by atoms with Gasteiger partial charge in [-0.25, -0.2) is 10.2 Å². The topological polar surface area (TPSA) is 39.8 Å². The molecule has 0 aromatic heterocycles. The van der Waals surface area contributed by atoms with Crippen LogP contribution in [0.3, 0.4) is 0 Å². The second-order valence-corrected chi connectivity index (χ2v) is 2.72. The Labute approximate surface area is 72.5 Å². The van der Waals surface area contributed by atoms with Crippen LogP contribution in [0.1, 0.15) is 11.1 Å². The Kier molecular flexibility index (Phi) is 3.77. The fraction of sp³-hybridized carbons (Fsp3) is 0.400. The van der Waals surface area contributed by atoms with Gasteiger partial charge < -0.3 is 0 Å². The van der Waals surface area contributed by atoms with Gasteiger partial charge in [-0.2, -0.15) is 0 Å². The Morgan fingerprint density at radius 2 is 1.08 bits per heavy atom. The molecule has 0 aliphatic rings. The first-order valence-electron chi connectivity index (χ1n) is 4.11. The van der Waals surface area contributed by atoms with Gasteiger partial charge in [0.2, 0.25) is 0 Å². The van der Waals surface area contributed by atoms with Crippen LogP contribution >= 0.6 is 0 Å². The normalized spacial score (nSPS) is 10.2. The smallest absolute Gasteiger partial charge is 0.0862 e. The van der Waals surface area contributed by atoms with E-state index in [1.54, 1.807) is 0 Å². The molecular weight excluding hydrogens is 152 g/mol. The maximum Gasteiger partial charge on any atom is 0.0862 e. The molecule has 0 spiro atoms. The van der Waals surface area contributed by atoms with E-state index in [9.17, 15) is 10.2 Å². The van der Waals surface area contributed by atoms with E-state index in [4.69, 9.17) is 0 Å². The molecule has 2 heteroatoms. The molecule has 0 bridgehead atoms. The van der Waals surface area contributed by atoms with Crippen LogP contribution in [0.15, 0.2) is 24.3 Å². The highest BCUT2D eigenvalue weighted by atomic mass is 16.3. The van der Waals surface area contributed by atoms with Gasteiger partial charge in [0.15, 0.2) is 0 Å². The van der Waals surface area contributed by atoms with Crippen molar-refractivity contribution in [1.29, 1.82) is 0 Å². The number of hydrogen-bond donors (Lipinski definition) is 0. The molecule has 0 aliphatic heterocycles. The number of rotatable bonds is 4. The molecule has 0 amide bonds. The van der Waals surface area contributed by atoms with Crippen molar-refractivity contribution in [3.8, 4) is 0 Å². The standard InChI is InChI=1S/C10H12O2/c11-7-5-9-1-2-10(4-3-9)6-8-12/h1-4H,5-8H2. The Morgan fingerprint density at radius 3 is 1.33 bits per heavy atom. The lowest BCUT2D eigenvalue weighted by molar-refractivity contribution is 0.196. The third kappa shape index (κ3) is 2.64. The average Bonchev–Trinajstić information content (AvgIpc) is 2.09. The summed E-state index contributed by atoms with van der Waals surface area (Å²) in [5.41, 5.74) is 2.11. The van der Waals surface area contributed by atoms with Crippen molar-refractivity contribution in [3.63, 3.8) is 0 Å². The molecule has 1 rings (SSSR count). The molecule has 1 aromatic carbocycles. The van der Waals surface area contributed by atoms with E-state index in [1.807, 2.05) is 24.3 Å². The number of hydrogen-bond acceptors (Lipinski definition) is 0. The average molecular weight is 164 g/mol. The fourth-order valence-corrected chi connectivity index (χ4v) is 1.11. The molecule has 2 radical (unpaired) electrons. The van der Waals surface area contributed by atoms with Crippen LogP contribution in [-0.4, -0.2) is 13.2 Å². The molecule has 0 N–H and O–H groups in total. The van der Waals surface area contributed by atoms with E-state index in [0.717, 1.165) is 11.1 Å². The fourth-order valence-electron chi connectivity index (χ4n) is 1.11. The van der Waals surface area contributed by atoms with E-state index in [-0.39, 0.29) is 13.2 Å². The molecule has 1 aromatic rings. The van der Waals surface area contributed by atoms with Gasteiger partial charge in [-0.15, -0.1) is 0 Å². The SMILES string of the molecule is [O]CCc1ccc(CC[O])cc1. The summed E-state index contributed by atoms with van der Waals surface area (Å²) in [6.07, 6.45) is 1.16. The zero-order chi connectivity index (χ0) is 8.81. The maximum absolute atomic E-state index is 10.3. The van der Waals surface area contributed by atoms with Crippen molar-refractivity contribution in [2.75, 3.05) is 13.2 Å². The first kappa shape index (κ1) is 9.23. The van der Waals surface area contributed by atoms with Crippen LogP contribution in [0, 0.1) is 0 Å². The number of benzene rings is 1. The molecule has 0 unspecified atom stereocenters. The molecule has 0 saturated heterocycles. The second kappa shape index (κ2) is 4.91. The first-order valence-corrected chi connectivity index (χ1v) is 4.11. The van der Waals surface area contributed by atoms with Gasteiger partial charge in [0.25, 0.3) is 0 Å². The summed E-state index contributed by atoms with van der Waals surface area (Å²) in [5, 5.41) is 20.5. The van der Waals surface area contributed by atoms with Gasteiger partial charge in [-0.05, 0) is 24.0 Å². The predicted octanol–water partition coefficient (Wildman–Crippen LogP) is 1.63. The van der Waals surface area contributed by atoms with Crippen molar-refractivity contribution >= 4 is 0 Å². The monoisotopic (exact) mass is 164 g/mol. The van der Waals surface area contributed by atoms with Crippen molar-refractivity contribution in [2.45, 2.75) is 12.8 Å². The highest BCUT2D eigenvalue weighted by molar-refractivity contribution is 5.22. The third-order valence-corrected chi connectivity index (χ3v) is 1.80. The summed E-state index contributed by atoms with van der Waals surface area (Å²) in [6.45, 7) is -0.137. The van der Waals surface area contributed by atoms with Crippen molar-refractivity contribution < 1.29 is 10.2 Å². The van der Waals surface area contributed by atoms with Crippen molar-refractivity contribution in [1.82, 2.24) is 0 Å². The van der Waals surface area contributed by atoms with Crippen LogP contribution in [0.25, 0.3) is 0 Å². The molecule has 0 aliphatic carbocycles. The van der Waals surface area contributed by atoms with E-state index in [2.05, 4.69) is 0 Å². The molecule has 0 atom stereocenters. The zero-order valence-electron chi connectivity index (χ0n) is 6.95. The van der Waals surface area contributed by atoms with Gasteiger partial charge in [-0.3, -0.25) is 0 Å². The maximum atomic E-state index is 10.3. The van der Waals surface area contributed by atoms with Crippen LogP contribution < -0.4 is 0 Å². The minimum atomic E-state index is -0.0685. The Morgan fingerprint density at radius 1 is 0.750 bits per heavy atom. The Balaban J connectivity index is 2.58. The summed E-state index contributed by atoms with van der Waals surface area (Å²) in [7, 11) is 0. The Bertz CT molecular complexity index is 191. The molecule has 12 heavy (non-hydrogen) atoms. The predicted molar refractivity (Wildman–Crippen MR) is 45.0 cm³/mol. The molecule has 0 fully saturated rings. The highest BCUT2D eigenvalue weighted by Crippen LogP contribution is 2.05. The Hall–Kier alpha value is -0.860. The lowest BCUT2D eigenvalue weighted by Gasteiger charge is -1.99. The van der Waals surface area contributed by atoms with E-state index in [1.165, 1.54) is 0 Å². The summed E-state index contributed by atoms with van der Waals surface area (Å²) >= 11 is 0. The van der Waals surface area contributed by atoms with E-state index < -0.39 is 0 Å². The van der Waals surface area contributed by atoms with Crippen molar-refractivity contribution in [3.05, 3.63) is 35.4 Å². The van der Waals surface area contributed by atoms with Gasteiger partial charge in [-0.1, -0.05) is 24.3 Å². The summed E-state index contributed by atoms with van der Waals surface area (Å²) < 4.78 is 0. The summed E-state index contributed by atoms with van der Waals surface area (Å²) in [4.78, 5) is 0. The van der Waals surface area contributed by atoms with Crippen LogP contribution in [0.2, 0.25) is 0 Å². The largest absolute Gasteiger partial charge is 0.236 e. The van der Waals surface area contributed by atoms with E-state index >= 15 is 0 Å². The molecule has 2 nitrogen and oxygen atoms in total. The van der Waals surface area contributed by atoms with Crippen molar-refractivity contribution in [2.24, 2.45) is 0 Å². The lowest BCUT2D eigenvalue weighted by atomic mass is 10.1. The lowest BCUT2D eigenvalue weighted by Crippen LogP contribution is -1.92. The second-order valence-electron chi connectivity index (χ2n) is 2.72. The molecule has 0 heterocycles. The molecule has 0 saturated carbocycles. The quantitative estimate of drug-likeness (QED) is 0.649. The molecular formula is C10H12O2. The minimum absolute atomic E-state index is 0.0685. The van der Waals surface area contributed by atoms with Crippen LogP contribution in [-0.2, 0) is 23.1 Å². The van der Waals surface area contributed by atoms with Gasteiger partial charge in [0.1, 0.15) is 0 Å². The third-order valence-electron chi connectivity index (χ3n) is 1.80. The van der Waals surface area contributed by atoms with Crippen LogP contribution in [0.5, 0.6) is 0 Å². The van der Waals surface area contributed by atoms with Gasteiger partial charge in [0.05, 0.1) is 13.2 Å².